The zero-order chi connectivity index (χ0) is 25.2. The lowest BCUT2D eigenvalue weighted by Crippen LogP contribution is -2.58. The second-order valence-electron chi connectivity index (χ2n) is 12.6. The molecule has 0 saturated heterocycles. The third kappa shape index (κ3) is 6.32. The highest BCUT2D eigenvalue weighted by molar-refractivity contribution is 5.76. The van der Waals surface area contributed by atoms with E-state index in [1.807, 2.05) is 48.5 Å². The molecule has 0 spiro atoms. The second kappa shape index (κ2) is 10.7. The summed E-state index contributed by atoms with van der Waals surface area (Å²) in [4.78, 5) is 24.1. The standard InChI is InChI=1S/C17H28O2.C11H22O3/c1-5-16(2,3)15(18)19-17(4)13-7-11-6-12(9-13)10-14(17)8-11;1-7-11(4,5)10(12)14-9(13-6)8(2)3/h11-14H,5-10H2,1-4H3;8-9H,7H2,1-6H3. The molecule has 4 fully saturated rings. The van der Waals surface area contributed by atoms with Crippen LogP contribution in [-0.4, -0.2) is 30.9 Å². The van der Waals surface area contributed by atoms with Crippen LogP contribution < -0.4 is 0 Å². The summed E-state index contributed by atoms with van der Waals surface area (Å²) in [5.41, 5.74) is -0.930. The van der Waals surface area contributed by atoms with Gasteiger partial charge in [-0.2, -0.15) is 0 Å². The number of hydrogen-bond acceptors (Lipinski definition) is 5. The predicted molar refractivity (Wildman–Crippen MR) is 131 cm³/mol. The molecule has 4 aliphatic rings. The van der Waals surface area contributed by atoms with E-state index < -0.39 is 11.7 Å². The number of esters is 2. The highest BCUT2D eigenvalue weighted by Gasteiger charge is 2.57. The Labute approximate surface area is 202 Å². The smallest absolute Gasteiger partial charge is 0.313 e. The molecule has 0 aromatic heterocycles. The van der Waals surface area contributed by atoms with E-state index in [2.05, 4.69) is 13.8 Å². The fourth-order valence-electron chi connectivity index (χ4n) is 5.63. The van der Waals surface area contributed by atoms with E-state index >= 15 is 0 Å². The minimum absolute atomic E-state index is 0.0185. The Balaban J connectivity index is 0.000000248. The minimum Gasteiger partial charge on any atom is -0.458 e. The number of rotatable bonds is 8. The van der Waals surface area contributed by atoms with Gasteiger partial charge in [-0.3, -0.25) is 9.59 Å². The monoisotopic (exact) mass is 466 g/mol. The molecule has 0 amide bonds. The van der Waals surface area contributed by atoms with Crippen molar-refractivity contribution in [3.05, 3.63) is 0 Å². The SMILES string of the molecule is CCC(C)(C)C(=O)OC(OC)C(C)C.CCC(C)(C)C(=O)OC1(C)C2CC3CC(C2)CC1C3. The van der Waals surface area contributed by atoms with E-state index in [1.165, 1.54) is 32.1 Å². The molecule has 4 aliphatic carbocycles. The molecule has 1 unspecified atom stereocenters. The van der Waals surface area contributed by atoms with Gasteiger partial charge in [0.05, 0.1) is 10.8 Å². The van der Waals surface area contributed by atoms with Gasteiger partial charge in [0, 0.05) is 13.0 Å². The van der Waals surface area contributed by atoms with Crippen molar-refractivity contribution in [2.45, 2.75) is 119 Å². The van der Waals surface area contributed by atoms with Gasteiger partial charge >= 0.3 is 11.9 Å². The molecule has 4 rings (SSSR count). The maximum atomic E-state index is 12.5. The minimum atomic E-state index is -0.437. The van der Waals surface area contributed by atoms with Crippen LogP contribution in [0.2, 0.25) is 0 Å². The van der Waals surface area contributed by atoms with E-state index in [9.17, 15) is 9.59 Å². The predicted octanol–water partition coefficient (Wildman–Crippen LogP) is 6.77. The molecule has 0 aromatic rings. The van der Waals surface area contributed by atoms with Gasteiger partial charge in [0.15, 0.2) is 0 Å². The Morgan fingerprint density at radius 1 is 0.848 bits per heavy atom. The molecule has 4 saturated carbocycles. The van der Waals surface area contributed by atoms with Gasteiger partial charge < -0.3 is 14.2 Å². The van der Waals surface area contributed by atoms with E-state index in [0.717, 1.165) is 24.7 Å². The maximum absolute atomic E-state index is 12.5. The van der Waals surface area contributed by atoms with Crippen molar-refractivity contribution in [1.29, 1.82) is 0 Å². The van der Waals surface area contributed by atoms with Crippen molar-refractivity contribution in [1.82, 2.24) is 0 Å². The van der Waals surface area contributed by atoms with E-state index in [-0.39, 0.29) is 28.9 Å². The van der Waals surface area contributed by atoms with Crippen molar-refractivity contribution < 1.29 is 23.8 Å². The molecular weight excluding hydrogens is 416 g/mol. The molecule has 1 atom stereocenters. The van der Waals surface area contributed by atoms with Crippen LogP contribution in [0.1, 0.15) is 107 Å². The fourth-order valence-corrected chi connectivity index (χ4v) is 5.63. The largest absolute Gasteiger partial charge is 0.458 e. The van der Waals surface area contributed by atoms with E-state index in [0.29, 0.717) is 11.8 Å². The Morgan fingerprint density at radius 3 is 1.64 bits per heavy atom. The molecular formula is C28H50O5. The number of methoxy groups -OCH3 is 1. The van der Waals surface area contributed by atoms with Crippen LogP contribution in [0.5, 0.6) is 0 Å². The van der Waals surface area contributed by atoms with Crippen molar-refractivity contribution in [2.24, 2.45) is 40.4 Å². The lowest BCUT2D eigenvalue weighted by atomic mass is 9.50. The van der Waals surface area contributed by atoms with Crippen LogP contribution in [0.4, 0.5) is 0 Å². The van der Waals surface area contributed by atoms with Crippen LogP contribution >= 0.6 is 0 Å². The van der Waals surface area contributed by atoms with Crippen LogP contribution in [0.15, 0.2) is 0 Å². The van der Waals surface area contributed by atoms with Crippen molar-refractivity contribution in [2.75, 3.05) is 7.11 Å². The summed E-state index contributed by atoms with van der Waals surface area (Å²) < 4.78 is 16.5. The van der Waals surface area contributed by atoms with Crippen molar-refractivity contribution in [3.63, 3.8) is 0 Å². The molecule has 0 N–H and O–H groups in total. The Morgan fingerprint density at radius 2 is 1.27 bits per heavy atom. The summed E-state index contributed by atoms with van der Waals surface area (Å²) in [6.07, 6.45) is 7.80. The normalized spacial score (nSPS) is 31.6. The number of ether oxygens (including phenoxy) is 3. The first kappa shape index (κ1) is 28.1. The average Bonchev–Trinajstić information content (AvgIpc) is 2.75. The molecule has 4 bridgehead atoms. The first-order chi connectivity index (χ1) is 15.2. The molecule has 0 heterocycles. The summed E-state index contributed by atoms with van der Waals surface area (Å²) in [7, 11) is 1.55. The third-order valence-corrected chi connectivity index (χ3v) is 8.94. The van der Waals surface area contributed by atoms with Crippen LogP contribution in [0, 0.1) is 40.4 Å². The molecule has 5 heteroatoms. The zero-order valence-corrected chi connectivity index (χ0v) is 23.0. The average molecular weight is 467 g/mol. The third-order valence-electron chi connectivity index (χ3n) is 8.94. The van der Waals surface area contributed by atoms with Gasteiger partial charge in [-0.05, 0) is 103 Å². The lowest BCUT2D eigenvalue weighted by Gasteiger charge is -2.59. The Bertz CT molecular complexity index is 650. The number of carbonyl (C=O) groups excluding carboxylic acids is 2. The van der Waals surface area contributed by atoms with Gasteiger partial charge in [-0.1, -0.05) is 27.7 Å². The molecule has 192 valence electrons. The summed E-state index contributed by atoms with van der Waals surface area (Å²) in [5, 5.41) is 0. The fraction of sp³-hybridized carbons (Fsp3) is 0.929. The first-order valence-electron chi connectivity index (χ1n) is 13.2. The van der Waals surface area contributed by atoms with Crippen LogP contribution in [0.3, 0.4) is 0 Å². The van der Waals surface area contributed by atoms with Gasteiger partial charge in [0.2, 0.25) is 6.29 Å². The van der Waals surface area contributed by atoms with E-state index in [1.54, 1.807) is 7.11 Å². The highest BCUT2D eigenvalue weighted by atomic mass is 16.7. The van der Waals surface area contributed by atoms with Crippen LogP contribution in [0.25, 0.3) is 0 Å². The second-order valence-corrected chi connectivity index (χ2v) is 12.6. The topological polar surface area (TPSA) is 61.8 Å². The Hall–Kier alpha value is -1.10. The highest BCUT2D eigenvalue weighted by Crippen LogP contribution is 2.59. The van der Waals surface area contributed by atoms with Gasteiger partial charge in [-0.15, -0.1) is 0 Å². The van der Waals surface area contributed by atoms with Crippen molar-refractivity contribution in [3.8, 4) is 0 Å². The lowest BCUT2D eigenvalue weighted by molar-refractivity contribution is -0.211. The Kier molecular flexibility index (Phi) is 9.09. The molecule has 0 aromatic carbocycles. The van der Waals surface area contributed by atoms with Crippen molar-refractivity contribution >= 4 is 11.9 Å². The zero-order valence-electron chi connectivity index (χ0n) is 23.0. The van der Waals surface area contributed by atoms with Gasteiger partial charge in [-0.25, -0.2) is 0 Å². The van der Waals surface area contributed by atoms with E-state index in [4.69, 9.17) is 14.2 Å². The summed E-state index contributed by atoms with van der Waals surface area (Å²) in [5.74, 6) is 3.10. The molecule has 0 aliphatic heterocycles. The maximum Gasteiger partial charge on any atom is 0.313 e. The molecule has 33 heavy (non-hydrogen) atoms. The molecule has 5 nitrogen and oxygen atoms in total. The quantitative estimate of drug-likeness (QED) is 0.292. The first-order valence-corrected chi connectivity index (χ1v) is 13.2. The molecule has 0 radical (unpaired) electrons. The summed E-state index contributed by atoms with van der Waals surface area (Å²) >= 11 is 0. The van der Waals surface area contributed by atoms with Gasteiger partial charge in [0.1, 0.15) is 5.60 Å². The summed E-state index contributed by atoms with van der Waals surface area (Å²) in [6.45, 7) is 18.0. The number of carbonyl (C=O) groups is 2. The summed E-state index contributed by atoms with van der Waals surface area (Å²) in [6, 6.07) is 0. The van der Waals surface area contributed by atoms with Crippen LogP contribution in [-0.2, 0) is 23.8 Å². The number of hydrogen-bond donors (Lipinski definition) is 0. The van der Waals surface area contributed by atoms with Gasteiger partial charge in [0.25, 0.3) is 0 Å².